The van der Waals surface area contributed by atoms with Crippen LogP contribution in [-0.4, -0.2) is 59.1 Å². The van der Waals surface area contributed by atoms with E-state index in [1.54, 1.807) is 23.1 Å². The molecule has 2 aliphatic heterocycles. The molecule has 2 saturated heterocycles. The third kappa shape index (κ3) is 4.31. The van der Waals surface area contributed by atoms with Crippen molar-refractivity contribution in [3.8, 4) is 0 Å². The molecule has 0 bridgehead atoms. The van der Waals surface area contributed by atoms with E-state index in [1.165, 1.54) is 0 Å². The van der Waals surface area contributed by atoms with Gasteiger partial charge in [0.05, 0.1) is 36.2 Å². The molecular formula is C19H24ClN5O2. The number of aromatic nitrogens is 3. The Morgan fingerprint density at radius 1 is 1.22 bits per heavy atom. The standard InChI is InChI=1S/C19H24ClN5O2/c20-18-12-21-4-3-15(18)13-23-5-1-2-16(14-23)25-19(26)10-17(11-22-25)24-6-8-27-9-7-24/h3-4,10-12,16H,1-2,5-9,13-14H2. The van der Waals surface area contributed by atoms with Crippen LogP contribution in [0.3, 0.4) is 0 Å². The maximum Gasteiger partial charge on any atom is 0.269 e. The number of likely N-dealkylation sites (tertiary alicyclic amines) is 1. The van der Waals surface area contributed by atoms with Gasteiger partial charge in [0.1, 0.15) is 0 Å². The molecule has 4 rings (SSSR count). The van der Waals surface area contributed by atoms with Crippen molar-refractivity contribution in [2.75, 3.05) is 44.3 Å². The largest absolute Gasteiger partial charge is 0.378 e. The molecule has 0 aliphatic carbocycles. The van der Waals surface area contributed by atoms with Gasteiger partial charge < -0.3 is 9.64 Å². The minimum absolute atomic E-state index is 0.0345. The number of halogens is 1. The molecule has 7 nitrogen and oxygen atoms in total. The van der Waals surface area contributed by atoms with Gasteiger partial charge in [-0.05, 0) is 31.0 Å². The van der Waals surface area contributed by atoms with Crippen molar-refractivity contribution in [3.63, 3.8) is 0 Å². The first-order chi connectivity index (χ1) is 13.2. The van der Waals surface area contributed by atoms with Crippen molar-refractivity contribution in [2.24, 2.45) is 0 Å². The van der Waals surface area contributed by atoms with E-state index in [9.17, 15) is 4.79 Å². The second kappa shape index (κ2) is 8.37. The summed E-state index contributed by atoms with van der Waals surface area (Å²) in [6.45, 7) is 5.54. The van der Waals surface area contributed by atoms with Crippen LogP contribution in [0.4, 0.5) is 5.69 Å². The van der Waals surface area contributed by atoms with E-state index in [1.807, 2.05) is 12.3 Å². The van der Waals surface area contributed by atoms with E-state index in [0.29, 0.717) is 18.2 Å². The Hall–Kier alpha value is -1.96. The summed E-state index contributed by atoms with van der Waals surface area (Å²) in [5.41, 5.74) is 1.92. The van der Waals surface area contributed by atoms with Gasteiger partial charge in [-0.2, -0.15) is 5.10 Å². The van der Waals surface area contributed by atoms with Crippen LogP contribution in [0.25, 0.3) is 0 Å². The van der Waals surface area contributed by atoms with Gasteiger partial charge in [0.2, 0.25) is 0 Å². The molecule has 8 heteroatoms. The van der Waals surface area contributed by atoms with Gasteiger partial charge in [0, 0.05) is 44.6 Å². The second-order valence-corrected chi connectivity index (χ2v) is 7.50. The van der Waals surface area contributed by atoms with Crippen molar-refractivity contribution in [2.45, 2.75) is 25.4 Å². The third-order valence-electron chi connectivity index (χ3n) is 5.26. The summed E-state index contributed by atoms with van der Waals surface area (Å²) in [6.07, 6.45) is 7.25. The minimum Gasteiger partial charge on any atom is -0.378 e. The van der Waals surface area contributed by atoms with Gasteiger partial charge in [0.15, 0.2) is 0 Å². The van der Waals surface area contributed by atoms with Crippen LogP contribution in [0.2, 0.25) is 5.02 Å². The zero-order valence-corrected chi connectivity index (χ0v) is 16.0. The minimum atomic E-state index is -0.0345. The SMILES string of the molecule is O=c1cc(N2CCOCC2)cnn1C1CCCN(Cc2ccncc2Cl)C1. The highest BCUT2D eigenvalue weighted by Gasteiger charge is 2.24. The zero-order chi connectivity index (χ0) is 18.6. The van der Waals surface area contributed by atoms with Crippen LogP contribution in [0, 0.1) is 0 Å². The molecule has 0 N–H and O–H groups in total. The predicted octanol–water partition coefficient (Wildman–Crippen LogP) is 1.97. The first-order valence-corrected chi connectivity index (χ1v) is 9.81. The zero-order valence-electron chi connectivity index (χ0n) is 15.3. The Labute approximate surface area is 163 Å². The summed E-state index contributed by atoms with van der Waals surface area (Å²) in [5, 5.41) is 5.18. The number of ether oxygens (including phenoxy) is 1. The monoisotopic (exact) mass is 389 g/mol. The molecule has 27 heavy (non-hydrogen) atoms. The van der Waals surface area contributed by atoms with Gasteiger partial charge in [-0.15, -0.1) is 0 Å². The van der Waals surface area contributed by atoms with Gasteiger partial charge in [-0.1, -0.05) is 11.6 Å². The van der Waals surface area contributed by atoms with Crippen molar-refractivity contribution < 1.29 is 4.74 Å². The Morgan fingerprint density at radius 3 is 2.85 bits per heavy atom. The van der Waals surface area contributed by atoms with Crippen LogP contribution < -0.4 is 10.5 Å². The first kappa shape index (κ1) is 18.4. The molecule has 0 radical (unpaired) electrons. The molecule has 0 aromatic carbocycles. The van der Waals surface area contributed by atoms with E-state index in [0.717, 1.165) is 56.8 Å². The van der Waals surface area contributed by atoms with E-state index in [4.69, 9.17) is 16.3 Å². The predicted molar refractivity (Wildman–Crippen MR) is 104 cm³/mol. The number of hydrogen-bond acceptors (Lipinski definition) is 6. The van der Waals surface area contributed by atoms with Crippen LogP contribution in [-0.2, 0) is 11.3 Å². The number of piperidine rings is 1. The van der Waals surface area contributed by atoms with Crippen molar-refractivity contribution >= 4 is 17.3 Å². The number of hydrogen-bond donors (Lipinski definition) is 0. The molecule has 0 saturated carbocycles. The Bertz CT molecular complexity index is 837. The summed E-state index contributed by atoms with van der Waals surface area (Å²) in [4.78, 5) is 21.2. The highest BCUT2D eigenvalue weighted by molar-refractivity contribution is 6.31. The average molecular weight is 390 g/mol. The second-order valence-electron chi connectivity index (χ2n) is 7.09. The van der Waals surface area contributed by atoms with E-state index in [-0.39, 0.29) is 11.6 Å². The lowest BCUT2D eigenvalue weighted by molar-refractivity contribution is 0.122. The quantitative estimate of drug-likeness (QED) is 0.796. The van der Waals surface area contributed by atoms with Crippen molar-refractivity contribution in [3.05, 3.63) is 51.7 Å². The molecule has 2 aliphatic rings. The van der Waals surface area contributed by atoms with Gasteiger partial charge in [-0.3, -0.25) is 14.7 Å². The molecule has 4 heterocycles. The molecule has 0 amide bonds. The fourth-order valence-corrected chi connectivity index (χ4v) is 4.00. The third-order valence-corrected chi connectivity index (χ3v) is 5.61. The smallest absolute Gasteiger partial charge is 0.269 e. The Kier molecular flexibility index (Phi) is 5.71. The van der Waals surface area contributed by atoms with E-state index in [2.05, 4.69) is 19.9 Å². The molecule has 2 fully saturated rings. The first-order valence-electron chi connectivity index (χ1n) is 9.43. The van der Waals surface area contributed by atoms with Gasteiger partial charge >= 0.3 is 0 Å². The number of pyridine rings is 1. The molecule has 144 valence electrons. The number of morpholine rings is 1. The highest BCUT2D eigenvalue weighted by atomic mass is 35.5. The summed E-state index contributed by atoms with van der Waals surface area (Å²) >= 11 is 6.24. The molecule has 2 aromatic rings. The molecule has 2 aromatic heterocycles. The maximum atomic E-state index is 12.7. The average Bonchev–Trinajstić information content (AvgIpc) is 2.70. The molecule has 1 atom stereocenters. The van der Waals surface area contributed by atoms with Gasteiger partial charge in [0.25, 0.3) is 5.56 Å². The highest BCUT2D eigenvalue weighted by Crippen LogP contribution is 2.23. The number of anilines is 1. The lowest BCUT2D eigenvalue weighted by Crippen LogP contribution is -2.41. The summed E-state index contributed by atoms with van der Waals surface area (Å²) in [5.74, 6) is 0. The lowest BCUT2D eigenvalue weighted by Gasteiger charge is -2.33. The Balaban J connectivity index is 1.46. The van der Waals surface area contributed by atoms with Crippen LogP contribution in [0.1, 0.15) is 24.4 Å². The molecule has 0 spiro atoms. The van der Waals surface area contributed by atoms with Gasteiger partial charge in [-0.25, -0.2) is 4.68 Å². The summed E-state index contributed by atoms with van der Waals surface area (Å²) in [7, 11) is 0. The van der Waals surface area contributed by atoms with Crippen LogP contribution in [0.5, 0.6) is 0 Å². The van der Waals surface area contributed by atoms with Crippen molar-refractivity contribution in [1.29, 1.82) is 0 Å². The van der Waals surface area contributed by atoms with E-state index >= 15 is 0 Å². The fraction of sp³-hybridized carbons (Fsp3) is 0.526. The summed E-state index contributed by atoms with van der Waals surface area (Å²) in [6, 6.07) is 3.75. The van der Waals surface area contributed by atoms with Crippen molar-refractivity contribution in [1.82, 2.24) is 19.7 Å². The topological polar surface area (TPSA) is 63.5 Å². The maximum absolute atomic E-state index is 12.7. The lowest BCUT2D eigenvalue weighted by atomic mass is 10.0. The van der Waals surface area contributed by atoms with E-state index < -0.39 is 0 Å². The van der Waals surface area contributed by atoms with Crippen LogP contribution >= 0.6 is 11.6 Å². The van der Waals surface area contributed by atoms with Crippen LogP contribution in [0.15, 0.2) is 35.5 Å². The fourth-order valence-electron chi connectivity index (χ4n) is 3.82. The Morgan fingerprint density at radius 2 is 2.07 bits per heavy atom. The number of rotatable bonds is 4. The normalized spacial score (nSPS) is 21.4. The number of nitrogens with zero attached hydrogens (tertiary/aromatic N) is 5. The summed E-state index contributed by atoms with van der Waals surface area (Å²) < 4.78 is 7.02. The molecular weight excluding hydrogens is 366 g/mol. The molecule has 1 unspecified atom stereocenters.